The second-order valence-electron chi connectivity index (χ2n) is 5.29. The zero-order valence-corrected chi connectivity index (χ0v) is 9.82. The van der Waals surface area contributed by atoms with Crippen molar-refractivity contribution in [3.8, 4) is 0 Å². The van der Waals surface area contributed by atoms with E-state index < -0.39 is 0 Å². The molecule has 2 aliphatic carbocycles. The molecular weight excluding hydrogens is 206 g/mol. The van der Waals surface area contributed by atoms with Gasteiger partial charge in [0.2, 0.25) is 0 Å². The van der Waals surface area contributed by atoms with Crippen molar-refractivity contribution in [2.45, 2.75) is 31.2 Å². The van der Waals surface area contributed by atoms with Gasteiger partial charge in [0.1, 0.15) is 0 Å². The first-order valence-electron chi connectivity index (χ1n) is 6.41. The van der Waals surface area contributed by atoms with E-state index in [1.165, 1.54) is 36.0 Å². The molecule has 3 aliphatic rings. The minimum absolute atomic E-state index is 0.354. The van der Waals surface area contributed by atoms with Crippen LogP contribution in [0, 0.1) is 0 Å². The molecule has 1 spiro atoms. The van der Waals surface area contributed by atoms with E-state index in [0.29, 0.717) is 5.41 Å². The summed E-state index contributed by atoms with van der Waals surface area (Å²) in [7, 11) is 0. The molecule has 0 radical (unpaired) electrons. The standard InChI is InChI=1S/C16H15N/c1-3-13-11-17-10-6-12-5-9-16(7-2-8-16)14(4-1)15(12)13/h1,3-6,9-10H,2,7-8,11H2. The summed E-state index contributed by atoms with van der Waals surface area (Å²) >= 11 is 0. The number of nitrogens with zero attached hydrogens (tertiary/aromatic N) is 1. The van der Waals surface area contributed by atoms with E-state index in [1.54, 1.807) is 5.56 Å². The van der Waals surface area contributed by atoms with Crippen LogP contribution in [0.1, 0.15) is 36.0 Å². The van der Waals surface area contributed by atoms with Crippen molar-refractivity contribution in [1.29, 1.82) is 0 Å². The van der Waals surface area contributed by atoms with Gasteiger partial charge in [-0.3, -0.25) is 4.99 Å². The number of hydrogen-bond donors (Lipinski definition) is 0. The molecule has 1 fully saturated rings. The van der Waals surface area contributed by atoms with Gasteiger partial charge in [0.05, 0.1) is 6.54 Å². The Labute approximate surface area is 102 Å². The van der Waals surface area contributed by atoms with Crippen molar-refractivity contribution in [1.82, 2.24) is 0 Å². The van der Waals surface area contributed by atoms with Gasteiger partial charge in [-0.05, 0) is 41.2 Å². The molecule has 0 saturated heterocycles. The Balaban J connectivity index is 2.02. The summed E-state index contributed by atoms with van der Waals surface area (Å²) in [6.07, 6.45) is 12.8. The van der Waals surface area contributed by atoms with Gasteiger partial charge in [-0.2, -0.15) is 0 Å². The van der Waals surface area contributed by atoms with Gasteiger partial charge in [-0.15, -0.1) is 0 Å². The number of allylic oxidation sites excluding steroid dienone is 4. The van der Waals surface area contributed by atoms with Crippen LogP contribution in [0.15, 0.2) is 41.4 Å². The summed E-state index contributed by atoms with van der Waals surface area (Å²) < 4.78 is 0. The first-order chi connectivity index (χ1) is 8.39. The third-order valence-electron chi connectivity index (χ3n) is 4.42. The molecular formula is C16H15N. The van der Waals surface area contributed by atoms with Gasteiger partial charge >= 0.3 is 0 Å². The molecule has 0 amide bonds. The molecule has 1 aromatic rings. The summed E-state index contributed by atoms with van der Waals surface area (Å²) in [5, 5.41) is 0. The fourth-order valence-electron chi connectivity index (χ4n) is 3.33. The molecule has 4 rings (SSSR count). The SMILES string of the molecule is C1=CC2(CCC2)c2cccc3c2C1=CC=NC3. The normalized spacial score (nSPS) is 22.7. The van der Waals surface area contributed by atoms with Crippen LogP contribution >= 0.6 is 0 Å². The number of rotatable bonds is 0. The predicted octanol–water partition coefficient (Wildman–Crippen LogP) is 3.65. The third-order valence-corrected chi connectivity index (χ3v) is 4.42. The van der Waals surface area contributed by atoms with Crippen LogP contribution in [0.4, 0.5) is 0 Å². The topological polar surface area (TPSA) is 12.4 Å². The van der Waals surface area contributed by atoms with Crippen LogP contribution in [0.25, 0.3) is 5.57 Å². The Morgan fingerprint density at radius 1 is 1.18 bits per heavy atom. The molecule has 17 heavy (non-hydrogen) atoms. The molecule has 84 valence electrons. The van der Waals surface area contributed by atoms with Crippen molar-refractivity contribution in [2.75, 3.05) is 0 Å². The lowest BCUT2D eigenvalue weighted by Crippen LogP contribution is -2.34. The lowest BCUT2D eigenvalue weighted by atomic mass is 9.60. The number of hydrogen-bond acceptors (Lipinski definition) is 1. The van der Waals surface area contributed by atoms with E-state index in [4.69, 9.17) is 0 Å². The molecule has 1 nitrogen and oxygen atoms in total. The number of fused-ring (bicyclic) bond motifs is 1. The van der Waals surface area contributed by atoms with Crippen LogP contribution in [0.3, 0.4) is 0 Å². The maximum atomic E-state index is 4.44. The lowest BCUT2D eigenvalue weighted by molar-refractivity contribution is 0.311. The van der Waals surface area contributed by atoms with Crippen molar-refractivity contribution in [3.63, 3.8) is 0 Å². The maximum absolute atomic E-state index is 4.44. The second kappa shape index (κ2) is 3.19. The molecule has 0 atom stereocenters. The molecule has 1 saturated carbocycles. The third kappa shape index (κ3) is 1.17. The molecule has 1 heterocycles. The molecule has 0 N–H and O–H groups in total. The second-order valence-corrected chi connectivity index (χ2v) is 5.29. The fourth-order valence-corrected chi connectivity index (χ4v) is 3.33. The minimum Gasteiger partial charge on any atom is -0.288 e. The Hall–Kier alpha value is -1.63. The first-order valence-corrected chi connectivity index (χ1v) is 6.41. The summed E-state index contributed by atoms with van der Waals surface area (Å²) in [6, 6.07) is 6.74. The zero-order valence-electron chi connectivity index (χ0n) is 9.82. The van der Waals surface area contributed by atoms with Crippen LogP contribution in [0.2, 0.25) is 0 Å². The van der Waals surface area contributed by atoms with E-state index in [1.807, 2.05) is 6.21 Å². The Morgan fingerprint density at radius 3 is 2.94 bits per heavy atom. The van der Waals surface area contributed by atoms with Crippen LogP contribution in [0.5, 0.6) is 0 Å². The van der Waals surface area contributed by atoms with Gasteiger partial charge in [0.15, 0.2) is 0 Å². The lowest BCUT2D eigenvalue weighted by Gasteiger charge is -2.44. The molecule has 1 aromatic carbocycles. The molecule has 1 aliphatic heterocycles. The Bertz CT molecular complexity index is 571. The van der Waals surface area contributed by atoms with Crippen molar-refractivity contribution >= 4 is 11.8 Å². The predicted molar refractivity (Wildman–Crippen MR) is 71.3 cm³/mol. The quantitative estimate of drug-likeness (QED) is 0.634. The smallest absolute Gasteiger partial charge is 0.0645 e. The van der Waals surface area contributed by atoms with E-state index in [9.17, 15) is 0 Å². The number of aliphatic imine (C=N–C) groups is 1. The average Bonchev–Trinajstić information content (AvgIpc) is 2.52. The van der Waals surface area contributed by atoms with Gasteiger partial charge < -0.3 is 0 Å². The molecule has 0 aromatic heterocycles. The fraction of sp³-hybridized carbons (Fsp3) is 0.312. The summed E-state index contributed by atoms with van der Waals surface area (Å²) in [6.45, 7) is 0.826. The van der Waals surface area contributed by atoms with Gasteiger partial charge in [-0.25, -0.2) is 0 Å². The van der Waals surface area contributed by atoms with Gasteiger partial charge in [0, 0.05) is 11.6 Å². The van der Waals surface area contributed by atoms with Crippen molar-refractivity contribution in [3.05, 3.63) is 53.1 Å². The van der Waals surface area contributed by atoms with Crippen molar-refractivity contribution in [2.24, 2.45) is 4.99 Å². The highest BCUT2D eigenvalue weighted by Gasteiger charge is 2.40. The van der Waals surface area contributed by atoms with Crippen LogP contribution < -0.4 is 0 Å². The van der Waals surface area contributed by atoms with Crippen LogP contribution in [-0.2, 0) is 12.0 Å². The largest absolute Gasteiger partial charge is 0.288 e. The van der Waals surface area contributed by atoms with E-state index in [-0.39, 0.29) is 0 Å². The Morgan fingerprint density at radius 2 is 2.12 bits per heavy atom. The van der Waals surface area contributed by atoms with Crippen molar-refractivity contribution < 1.29 is 0 Å². The van der Waals surface area contributed by atoms with Gasteiger partial charge in [0.25, 0.3) is 0 Å². The molecule has 0 unspecified atom stereocenters. The summed E-state index contributed by atoms with van der Waals surface area (Å²) in [4.78, 5) is 4.44. The van der Waals surface area contributed by atoms with E-state index in [2.05, 4.69) is 41.4 Å². The number of benzene rings is 1. The molecule has 1 heteroatoms. The highest BCUT2D eigenvalue weighted by Crippen LogP contribution is 2.51. The highest BCUT2D eigenvalue weighted by atomic mass is 14.7. The average molecular weight is 221 g/mol. The molecule has 0 bridgehead atoms. The van der Waals surface area contributed by atoms with E-state index in [0.717, 1.165) is 6.54 Å². The van der Waals surface area contributed by atoms with Crippen LogP contribution in [-0.4, -0.2) is 6.21 Å². The Kier molecular flexibility index (Phi) is 1.77. The monoisotopic (exact) mass is 221 g/mol. The summed E-state index contributed by atoms with van der Waals surface area (Å²) in [5.74, 6) is 0. The zero-order chi connectivity index (χ0) is 11.3. The highest BCUT2D eigenvalue weighted by molar-refractivity contribution is 5.93. The first kappa shape index (κ1) is 9.41. The summed E-state index contributed by atoms with van der Waals surface area (Å²) in [5.41, 5.74) is 6.09. The van der Waals surface area contributed by atoms with E-state index >= 15 is 0 Å². The van der Waals surface area contributed by atoms with Gasteiger partial charge in [-0.1, -0.05) is 36.8 Å². The maximum Gasteiger partial charge on any atom is 0.0645 e. The minimum atomic E-state index is 0.354.